The van der Waals surface area contributed by atoms with Gasteiger partial charge in [0.15, 0.2) is 5.13 Å². The average Bonchev–Trinajstić information content (AvgIpc) is 2.96. The highest BCUT2D eigenvalue weighted by atomic mass is 32.1. The minimum atomic E-state index is -0.587. The quantitative estimate of drug-likeness (QED) is 0.408. The maximum atomic E-state index is 12.7. The summed E-state index contributed by atoms with van der Waals surface area (Å²) >= 11 is 1.06. The summed E-state index contributed by atoms with van der Waals surface area (Å²) in [7, 11) is 0. The number of para-hydroxylation sites is 1. The summed E-state index contributed by atoms with van der Waals surface area (Å²) < 4.78 is 0. The number of nitrogens with zero attached hydrogens (tertiary/aromatic N) is 2. The lowest BCUT2D eigenvalue weighted by Crippen LogP contribution is -2.06. The first-order chi connectivity index (χ1) is 12.0. The maximum absolute atomic E-state index is 12.7. The summed E-state index contributed by atoms with van der Waals surface area (Å²) in [6.45, 7) is 1.98. The first kappa shape index (κ1) is 16.6. The first-order valence-corrected chi connectivity index (χ1v) is 8.15. The van der Waals surface area contributed by atoms with Crippen LogP contribution in [0.1, 0.15) is 20.8 Å². The van der Waals surface area contributed by atoms with Crippen molar-refractivity contribution < 1.29 is 9.72 Å². The summed E-state index contributed by atoms with van der Waals surface area (Å²) in [5, 5.41) is 14.6. The number of ketones is 1. The molecule has 0 saturated carbocycles. The number of hydrogen-bond acceptors (Lipinski definition) is 7. The van der Waals surface area contributed by atoms with Crippen LogP contribution in [0, 0.1) is 17.0 Å². The zero-order valence-corrected chi connectivity index (χ0v) is 14.0. The smallest absolute Gasteiger partial charge is 0.280 e. The van der Waals surface area contributed by atoms with E-state index in [2.05, 4.69) is 10.3 Å². The number of benzene rings is 2. The van der Waals surface area contributed by atoms with Crippen molar-refractivity contribution in [2.45, 2.75) is 6.92 Å². The number of nitrogens with one attached hydrogen (secondary N) is 1. The molecule has 0 unspecified atom stereocenters. The highest BCUT2D eigenvalue weighted by molar-refractivity contribution is 7.18. The Morgan fingerprint density at radius 3 is 2.56 bits per heavy atom. The van der Waals surface area contributed by atoms with E-state index in [0.717, 1.165) is 22.6 Å². The van der Waals surface area contributed by atoms with Crippen LogP contribution < -0.4 is 11.1 Å². The number of carbonyl (C=O) groups excluding carboxylic acids is 1. The Morgan fingerprint density at radius 2 is 1.88 bits per heavy atom. The number of nitro groups is 1. The lowest BCUT2D eigenvalue weighted by Gasteiger charge is -2.02. The van der Waals surface area contributed by atoms with Crippen LogP contribution in [-0.2, 0) is 0 Å². The zero-order chi connectivity index (χ0) is 18.0. The van der Waals surface area contributed by atoms with Gasteiger partial charge in [-0.1, -0.05) is 41.2 Å². The van der Waals surface area contributed by atoms with E-state index in [-0.39, 0.29) is 21.9 Å². The van der Waals surface area contributed by atoms with Crippen molar-refractivity contribution in [3.8, 4) is 0 Å². The number of thiazole rings is 1. The lowest BCUT2D eigenvalue weighted by atomic mass is 10.1. The molecule has 0 aliphatic heterocycles. The van der Waals surface area contributed by atoms with E-state index in [9.17, 15) is 14.9 Å². The monoisotopic (exact) mass is 354 g/mol. The van der Waals surface area contributed by atoms with Gasteiger partial charge in [-0.15, -0.1) is 0 Å². The van der Waals surface area contributed by atoms with Gasteiger partial charge in [0.2, 0.25) is 5.78 Å². The summed E-state index contributed by atoms with van der Waals surface area (Å²) in [5.41, 5.74) is 7.52. The van der Waals surface area contributed by atoms with Gasteiger partial charge in [0.1, 0.15) is 16.3 Å². The third-order valence-electron chi connectivity index (χ3n) is 3.51. The summed E-state index contributed by atoms with van der Waals surface area (Å²) in [4.78, 5) is 27.5. The molecule has 0 bridgehead atoms. The molecule has 3 rings (SSSR count). The van der Waals surface area contributed by atoms with Crippen molar-refractivity contribution >= 4 is 39.4 Å². The maximum Gasteiger partial charge on any atom is 0.280 e. The minimum Gasteiger partial charge on any atom is -0.382 e. The second-order valence-electron chi connectivity index (χ2n) is 5.33. The Balaban J connectivity index is 1.91. The van der Waals surface area contributed by atoms with Crippen LogP contribution >= 0.6 is 11.3 Å². The van der Waals surface area contributed by atoms with Crippen LogP contribution in [0.25, 0.3) is 0 Å². The van der Waals surface area contributed by atoms with Gasteiger partial charge in [-0.05, 0) is 25.1 Å². The van der Waals surface area contributed by atoms with Crippen molar-refractivity contribution in [1.82, 2.24) is 4.98 Å². The molecule has 0 fully saturated rings. The predicted molar refractivity (Wildman–Crippen MR) is 97.5 cm³/mol. The minimum absolute atomic E-state index is 0.00950. The van der Waals surface area contributed by atoms with E-state index < -0.39 is 10.7 Å². The van der Waals surface area contributed by atoms with Gasteiger partial charge in [0.05, 0.1) is 4.92 Å². The molecule has 0 radical (unpaired) electrons. The molecule has 8 heteroatoms. The van der Waals surface area contributed by atoms with Gasteiger partial charge >= 0.3 is 0 Å². The summed E-state index contributed by atoms with van der Waals surface area (Å²) in [5.74, 6) is -0.470. The molecule has 2 aromatic carbocycles. The van der Waals surface area contributed by atoms with Gasteiger partial charge in [0, 0.05) is 11.8 Å². The molecule has 25 heavy (non-hydrogen) atoms. The van der Waals surface area contributed by atoms with Crippen molar-refractivity contribution in [2.24, 2.45) is 0 Å². The Kier molecular flexibility index (Phi) is 4.44. The third kappa shape index (κ3) is 3.48. The topological polar surface area (TPSA) is 111 Å². The van der Waals surface area contributed by atoms with Gasteiger partial charge in [-0.25, -0.2) is 4.98 Å². The predicted octanol–water partition coefficient (Wildman–Crippen LogP) is 3.92. The molecule has 0 spiro atoms. The number of rotatable bonds is 5. The summed E-state index contributed by atoms with van der Waals surface area (Å²) in [6, 6.07) is 13.4. The molecule has 3 N–H and O–H groups in total. The van der Waals surface area contributed by atoms with Crippen LogP contribution in [0.4, 0.5) is 22.3 Å². The molecule has 0 aliphatic carbocycles. The molecule has 0 atom stereocenters. The van der Waals surface area contributed by atoms with Crippen LogP contribution in [0.2, 0.25) is 0 Å². The largest absolute Gasteiger partial charge is 0.382 e. The van der Waals surface area contributed by atoms with Gasteiger partial charge in [-0.2, -0.15) is 0 Å². The first-order valence-electron chi connectivity index (χ1n) is 7.34. The Hall–Kier alpha value is -3.26. The normalized spacial score (nSPS) is 10.4. The van der Waals surface area contributed by atoms with Crippen LogP contribution in [0.15, 0.2) is 48.5 Å². The van der Waals surface area contributed by atoms with Crippen molar-refractivity contribution in [3.63, 3.8) is 0 Å². The molecule has 7 nitrogen and oxygen atoms in total. The third-order valence-corrected chi connectivity index (χ3v) is 4.49. The highest BCUT2D eigenvalue weighted by Crippen LogP contribution is 2.31. The lowest BCUT2D eigenvalue weighted by molar-refractivity contribution is -0.385. The van der Waals surface area contributed by atoms with Gasteiger partial charge in [0.25, 0.3) is 5.69 Å². The molecule has 1 heterocycles. The van der Waals surface area contributed by atoms with Crippen molar-refractivity contribution in [1.29, 1.82) is 0 Å². The molecule has 126 valence electrons. The fourth-order valence-corrected chi connectivity index (χ4v) is 3.11. The molecule has 1 aromatic heterocycles. The van der Waals surface area contributed by atoms with E-state index >= 15 is 0 Å². The standard InChI is InChI=1S/C17H14N4O3S/c1-10-6-8-11(9-7-10)19-17-20-16(18)15(25-17)14(22)12-4-2-3-5-13(12)21(23)24/h2-9H,18H2,1H3,(H,19,20). The number of nitrogens with two attached hydrogens (primary N) is 1. The molecule has 0 amide bonds. The zero-order valence-electron chi connectivity index (χ0n) is 13.2. The number of anilines is 3. The number of carbonyl (C=O) groups is 1. The van der Waals surface area contributed by atoms with E-state index in [0.29, 0.717) is 5.13 Å². The SMILES string of the molecule is Cc1ccc(Nc2nc(N)c(C(=O)c3ccccc3[N+](=O)[O-])s2)cc1. The van der Waals surface area contributed by atoms with Gasteiger partial charge < -0.3 is 11.1 Å². The van der Waals surface area contributed by atoms with E-state index in [1.54, 1.807) is 6.07 Å². The van der Waals surface area contributed by atoms with E-state index in [4.69, 9.17) is 5.73 Å². The number of aromatic nitrogens is 1. The van der Waals surface area contributed by atoms with E-state index in [1.807, 2.05) is 31.2 Å². The summed E-state index contributed by atoms with van der Waals surface area (Å²) in [6.07, 6.45) is 0. The number of hydrogen-bond donors (Lipinski definition) is 2. The van der Waals surface area contributed by atoms with E-state index in [1.165, 1.54) is 18.2 Å². The molecular formula is C17H14N4O3S. The van der Waals surface area contributed by atoms with Crippen molar-refractivity contribution in [3.05, 3.63) is 74.6 Å². The van der Waals surface area contributed by atoms with Crippen LogP contribution in [-0.4, -0.2) is 15.7 Å². The van der Waals surface area contributed by atoms with Crippen LogP contribution in [0.5, 0.6) is 0 Å². The number of nitrogen functional groups attached to an aromatic ring is 1. The highest BCUT2D eigenvalue weighted by Gasteiger charge is 2.25. The number of nitro benzene ring substituents is 1. The van der Waals surface area contributed by atoms with Crippen molar-refractivity contribution in [2.75, 3.05) is 11.1 Å². The molecule has 3 aromatic rings. The van der Waals surface area contributed by atoms with Gasteiger partial charge in [-0.3, -0.25) is 14.9 Å². The average molecular weight is 354 g/mol. The molecule has 0 saturated heterocycles. The second kappa shape index (κ2) is 6.70. The fourth-order valence-electron chi connectivity index (χ4n) is 2.26. The molecule has 0 aliphatic rings. The Bertz CT molecular complexity index is 951. The Labute approximate surface area is 147 Å². The van der Waals surface area contributed by atoms with Crippen LogP contribution in [0.3, 0.4) is 0 Å². The Morgan fingerprint density at radius 1 is 1.20 bits per heavy atom. The molecular weight excluding hydrogens is 340 g/mol. The second-order valence-corrected chi connectivity index (χ2v) is 6.33. The fraction of sp³-hybridized carbons (Fsp3) is 0.0588. The number of aryl methyl sites for hydroxylation is 1.